The van der Waals surface area contributed by atoms with Gasteiger partial charge >= 0.3 is 5.97 Å². The third-order valence-corrected chi connectivity index (χ3v) is 4.01. The van der Waals surface area contributed by atoms with E-state index in [0.717, 1.165) is 37.5 Å². The maximum absolute atomic E-state index is 11.8. The van der Waals surface area contributed by atoms with E-state index in [1.165, 1.54) is 0 Å². The Hall–Kier alpha value is -2.08. The Labute approximate surface area is 142 Å². The smallest absolute Gasteiger partial charge is 0.303 e. The molecule has 0 saturated carbocycles. The third-order valence-electron chi connectivity index (χ3n) is 4.01. The monoisotopic (exact) mass is 335 g/mol. The Balaban J connectivity index is 1.67. The lowest BCUT2D eigenvalue weighted by molar-refractivity contribution is -0.137. The van der Waals surface area contributed by atoms with Crippen molar-refractivity contribution >= 4 is 17.6 Å². The van der Waals surface area contributed by atoms with Crippen molar-refractivity contribution in [3.8, 4) is 5.75 Å². The van der Waals surface area contributed by atoms with E-state index in [4.69, 9.17) is 14.6 Å². The second-order valence-electron chi connectivity index (χ2n) is 6.04. The van der Waals surface area contributed by atoms with Crippen LogP contribution in [0.15, 0.2) is 24.3 Å². The van der Waals surface area contributed by atoms with Crippen LogP contribution in [0.4, 0.5) is 5.69 Å². The molecule has 1 heterocycles. The molecule has 6 nitrogen and oxygen atoms in total. The number of ether oxygens (including phenoxy) is 2. The lowest BCUT2D eigenvalue weighted by Gasteiger charge is -2.22. The van der Waals surface area contributed by atoms with Crippen molar-refractivity contribution in [1.82, 2.24) is 0 Å². The van der Waals surface area contributed by atoms with E-state index < -0.39 is 5.97 Å². The van der Waals surface area contributed by atoms with Crippen molar-refractivity contribution in [3.05, 3.63) is 24.3 Å². The normalized spacial score (nSPS) is 15.0. The van der Waals surface area contributed by atoms with Gasteiger partial charge in [-0.25, -0.2) is 0 Å². The highest BCUT2D eigenvalue weighted by Gasteiger charge is 2.14. The number of nitrogens with one attached hydrogen (secondary N) is 1. The summed E-state index contributed by atoms with van der Waals surface area (Å²) in [5.74, 6) is 0.410. The molecule has 1 aliphatic rings. The molecule has 24 heavy (non-hydrogen) atoms. The number of carboxylic acids is 1. The van der Waals surface area contributed by atoms with Crippen LogP contribution in [0.25, 0.3) is 0 Å². The van der Waals surface area contributed by atoms with E-state index in [2.05, 4.69) is 5.32 Å². The molecule has 1 aliphatic heterocycles. The molecule has 1 amide bonds. The number of benzene rings is 1. The highest BCUT2D eigenvalue weighted by atomic mass is 16.5. The molecule has 0 aromatic heterocycles. The van der Waals surface area contributed by atoms with Crippen LogP contribution in [-0.4, -0.2) is 36.8 Å². The Morgan fingerprint density at radius 3 is 2.46 bits per heavy atom. The number of carboxylic acid groups (broad SMARTS) is 1. The summed E-state index contributed by atoms with van der Waals surface area (Å²) in [4.78, 5) is 22.2. The topological polar surface area (TPSA) is 84.9 Å². The number of carbonyl (C=O) groups is 2. The van der Waals surface area contributed by atoms with Crippen LogP contribution in [0.5, 0.6) is 5.75 Å². The molecule has 0 bridgehead atoms. The predicted molar refractivity (Wildman–Crippen MR) is 90.2 cm³/mol. The summed E-state index contributed by atoms with van der Waals surface area (Å²) in [6, 6.07) is 7.32. The van der Waals surface area contributed by atoms with Crippen molar-refractivity contribution < 1.29 is 24.2 Å². The molecule has 6 heteroatoms. The van der Waals surface area contributed by atoms with Crippen LogP contribution in [0.2, 0.25) is 0 Å². The molecular weight excluding hydrogens is 310 g/mol. The van der Waals surface area contributed by atoms with Gasteiger partial charge in [0.2, 0.25) is 5.91 Å². The van der Waals surface area contributed by atoms with E-state index >= 15 is 0 Å². The predicted octanol–water partition coefficient (Wildman–Crippen LogP) is 3.08. The number of anilines is 1. The quantitative estimate of drug-likeness (QED) is 0.678. The zero-order chi connectivity index (χ0) is 17.2. The van der Waals surface area contributed by atoms with Gasteiger partial charge in [0.25, 0.3) is 0 Å². The summed E-state index contributed by atoms with van der Waals surface area (Å²) in [5.41, 5.74) is 0.719. The maximum atomic E-state index is 11.8. The highest BCUT2D eigenvalue weighted by molar-refractivity contribution is 5.90. The van der Waals surface area contributed by atoms with Crippen molar-refractivity contribution in [2.24, 2.45) is 5.92 Å². The van der Waals surface area contributed by atoms with Crippen molar-refractivity contribution in [1.29, 1.82) is 0 Å². The fraction of sp³-hybridized carbons (Fsp3) is 0.556. The minimum Gasteiger partial charge on any atom is -0.493 e. The maximum Gasteiger partial charge on any atom is 0.303 e. The molecule has 0 atom stereocenters. The van der Waals surface area contributed by atoms with Gasteiger partial charge in [0.1, 0.15) is 5.75 Å². The number of hydrogen-bond donors (Lipinski definition) is 2. The minimum atomic E-state index is -0.827. The number of aliphatic carboxylic acids is 1. The van der Waals surface area contributed by atoms with Crippen molar-refractivity contribution in [2.75, 3.05) is 25.1 Å². The molecule has 0 aliphatic carbocycles. The first-order chi connectivity index (χ1) is 11.6. The second kappa shape index (κ2) is 9.93. The second-order valence-corrected chi connectivity index (χ2v) is 6.04. The largest absolute Gasteiger partial charge is 0.493 e. The van der Waals surface area contributed by atoms with Crippen LogP contribution in [0.3, 0.4) is 0 Å². The lowest BCUT2D eigenvalue weighted by atomic mass is 10.0. The summed E-state index contributed by atoms with van der Waals surface area (Å²) < 4.78 is 11.1. The minimum absolute atomic E-state index is 0.101. The van der Waals surface area contributed by atoms with Gasteiger partial charge in [0.15, 0.2) is 0 Å². The number of rotatable bonds is 9. The summed E-state index contributed by atoms with van der Waals surface area (Å²) in [5, 5.41) is 11.4. The fourth-order valence-corrected chi connectivity index (χ4v) is 2.55. The average molecular weight is 335 g/mol. The molecule has 0 radical (unpaired) electrons. The first-order valence-electron chi connectivity index (χ1n) is 8.46. The van der Waals surface area contributed by atoms with Crippen molar-refractivity contribution in [3.63, 3.8) is 0 Å². The SMILES string of the molecule is O=C(O)CCCCC(=O)Nc1ccc(OCC2CCOCC2)cc1. The van der Waals surface area contributed by atoms with Crippen LogP contribution in [0, 0.1) is 5.92 Å². The summed E-state index contributed by atoms with van der Waals surface area (Å²) >= 11 is 0. The fourth-order valence-electron chi connectivity index (χ4n) is 2.55. The first-order valence-corrected chi connectivity index (χ1v) is 8.46. The molecule has 0 unspecified atom stereocenters. The molecular formula is C18H25NO5. The Morgan fingerprint density at radius 1 is 1.12 bits per heavy atom. The molecule has 1 aromatic carbocycles. The van der Waals surface area contributed by atoms with Crippen molar-refractivity contribution in [2.45, 2.75) is 38.5 Å². The zero-order valence-corrected chi connectivity index (χ0v) is 13.8. The third kappa shape index (κ3) is 7.00. The van der Waals surface area contributed by atoms with Gasteiger partial charge in [-0.05, 0) is 55.9 Å². The first kappa shape index (κ1) is 18.3. The van der Waals surface area contributed by atoms with E-state index in [9.17, 15) is 9.59 Å². The van der Waals surface area contributed by atoms with E-state index in [-0.39, 0.29) is 12.3 Å². The standard InChI is InChI=1S/C18H25NO5/c20-17(3-1-2-4-18(21)22)19-15-5-7-16(8-6-15)24-13-14-9-11-23-12-10-14/h5-8,14H,1-4,9-13H2,(H,19,20)(H,21,22). The zero-order valence-electron chi connectivity index (χ0n) is 13.8. The number of hydrogen-bond acceptors (Lipinski definition) is 4. The molecule has 2 rings (SSSR count). The molecule has 1 saturated heterocycles. The molecule has 2 N–H and O–H groups in total. The number of carbonyl (C=O) groups excluding carboxylic acids is 1. The summed E-state index contributed by atoms with van der Waals surface area (Å²) in [6.07, 6.45) is 3.60. The van der Waals surface area contributed by atoms with Gasteiger partial charge in [-0.1, -0.05) is 0 Å². The van der Waals surface area contributed by atoms with Gasteiger partial charge in [0, 0.05) is 31.7 Å². The van der Waals surface area contributed by atoms with Gasteiger partial charge in [-0.3, -0.25) is 9.59 Å². The number of unbranched alkanes of at least 4 members (excludes halogenated alkanes) is 1. The van der Waals surface area contributed by atoms with Crippen LogP contribution in [-0.2, 0) is 14.3 Å². The average Bonchev–Trinajstić information content (AvgIpc) is 2.59. The molecule has 132 valence electrons. The van der Waals surface area contributed by atoms with Gasteiger partial charge < -0.3 is 19.9 Å². The molecule has 1 fully saturated rings. The van der Waals surface area contributed by atoms with Gasteiger partial charge in [0.05, 0.1) is 6.61 Å². The van der Waals surface area contributed by atoms with Crippen LogP contribution in [0.1, 0.15) is 38.5 Å². The van der Waals surface area contributed by atoms with Gasteiger partial charge in [-0.15, -0.1) is 0 Å². The Morgan fingerprint density at radius 2 is 1.79 bits per heavy atom. The van der Waals surface area contributed by atoms with Crippen LogP contribution >= 0.6 is 0 Å². The van der Waals surface area contributed by atoms with Crippen LogP contribution < -0.4 is 10.1 Å². The molecule has 1 aromatic rings. The van der Waals surface area contributed by atoms with E-state index in [1.807, 2.05) is 24.3 Å². The van der Waals surface area contributed by atoms with E-state index in [0.29, 0.717) is 31.8 Å². The summed E-state index contributed by atoms with van der Waals surface area (Å²) in [6.45, 7) is 2.32. The highest BCUT2D eigenvalue weighted by Crippen LogP contribution is 2.20. The Kier molecular flexibility index (Phi) is 7.55. The molecule has 0 spiro atoms. The van der Waals surface area contributed by atoms with Gasteiger partial charge in [-0.2, -0.15) is 0 Å². The van der Waals surface area contributed by atoms with E-state index in [1.54, 1.807) is 0 Å². The number of amides is 1. The lowest BCUT2D eigenvalue weighted by Crippen LogP contribution is -2.21. The Bertz CT molecular complexity index is 523. The summed E-state index contributed by atoms with van der Waals surface area (Å²) in [7, 11) is 0.